The molecule has 0 fully saturated rings. The van der Waals surface area contributed by atoms with Crippen molar-refractivity contribution in [2.45, 2.75) is 13.3 Å². The summed E-state index contributed by atoms with van der Waals surface area (Å²) in [5, 5.41) is 9.23. The van der Waals surface area contributed by atoms with Gasteiger partial charge in [-0.15, -0.1) is 0 Å². The second-order valence-corrected chi connectivity index (χ2v) is 3.74. The summed E-state index contributed by atoms with van der Waals surface area (Å²) in [6.07, 6.45) is 3.22. The number of carboxylic acid groups (broad SMARTS) is 1. The molecular formula is C10H16Cl2NO2+. The van der Waals surface area contributed by atoms with E-state index in [0.29, 0.717) is 19.6 Å². The standard InChI is InChI=1S/C10H15Cl2NO2/c1-2-7-13(10(14)15,8-3-5-11)9-4-6-12/h3-6H,2,7-9H2,1H3/p+1. The molecule has 1 N–H and O–H groups in total. The molecule has 0 aromatic heterocycles. The minimum atomic E-state index is -0.860. The zero-order valence-corrected chi connectivity index (χ0v) is 10.2. The predicted octanol–water partition coefficient (Wildman–Crippen LogP) is 3.40. The van der Waals surface area contributed by atoms with Crippen LogP contribution in [0, 0.1) is 0 Å². The van der Waals surface area contributed by atoms with Crippen LogP contribution in [0.2, 0.25) is 0 Å². The van der Waals surface area contributed by atoms with Gasteiger partial charge in [-0.3, -0.25) is 0 Å². The molecule has 0 rings (SSSR count). The van der Waals surface area contributed by atoms with Gasteiger partial charge in [0.2, 0.25) is 0 Å². The number of carbonyl (C=O) groups is 1. The summed E-state index contributed by atoms with van der Waals surface area (Å²) >= 11 is 10.8. The minimum absolute atomic E-state index is 0.0665. The molecule has 0 saturated carbocycles. The number of hydrogen-bond acceptors (Lipinski definition) is 1. The van der Waals surface area contributed by atoms with Gasteiger partial charge in [-0.25, -0.2) is 4.48 Å². The summed E-state index contributed by atoms with van der Waals surface area (Å²) in [7, 11) is 0. The van der Waals surface area contributed by atoms with E-state index >= 15 is 0 Å². The summed E-state index contributed by atoms with van der Waals surface area (Å²) in [5.41, 5.74) is 2.69. The Hall–Kier alpha value is -0.510. The highest BCUT2D eigenvalue weighted by molar-refractivity contribution is 6.25. The first kappa shape index (κ1) is 14.5. The highest BCUT2D eigenvalue weighted by Gasteiger charge is 2.33. The molecule has 0 atom stereocenters. The lowest BCUT2D eigenvalue weighted by Gasteiger charge is -2.30. The molecule has 0 aromatic carbocycles. The van der Waals surface area contributed by atoms with Crippen LogP contribution in [-0.4, -0.2) is 35.3 Å². The first-order chi connectivity index (χ1) is 7.13. The molecule has 0 radical (unpaired) electrons. The van der Waals surface area contributed by atoms with E-state index in [0.717, 1.165) is 6.42 Å². The van der Waals surface area contributed by atoms with Gasteiger partial charge in [-0.2, -0.15) is 4.79 Å². The average Bonchev–Trinajstić information content (AvgIpc) is 2.22. The van der Waals surface area contributed by atoms with E-state index in [4.69, 9.17) is 23.2 Å². The summed E-state index contributed by atoms with van der Waals surface area (Å²) in [6, 6.07) is 0. The zero-order chi connectivity index (χ0) is 11.7. The Bertz CT molecular complexity index is 238. The Morgan fingerprint density at radius 1 is 1.27 bits per heavy atom. The third-order valence-electron chi connectivity index (χ3n) is 2.15. The van der Waals surface area contributed by atoms with E-state index < -0.39 is 6.09 Å². The van der Waals surface area contributed by atoms with Crippen molar-refractivity contribution >= 4 is 29.3 Å². The SMILES string of the molecule is CCC[N+](CC=CCl)(CC=CCl)C(=O)O. The second kappa shape index (κ2) is 7.74. The number of nitrogens with zero attached hydrogens (tertiary/aromatic N) is 1. The summed E-state index contributed by atoms with van der Waals surface area (Å²) < 4.78 is -0.0665. The Labute approximate surface area is 100 Å². The first-order valence-corrected chi connectivity index (χ1v) is 5.60. The molecule has 0 bridgehead atoms. The van der Waals surface area contributed by atoms with Crippen LogP contribution in [-0.2, 0) is 0 Å². The van der Waals surface area contributed by atoms with Crippen molar-refractivity contribution in [1.29, 1.82) is 0 Å². The van der Waals surface area contributed by atoms with E-state index in [-0.39, 0.29) is 4.48 Å². The van der Waals surface area contributed by atoms with Crippen molar-refractivity contribution in [2.24, 2.45) is 0 Å². The van der Waals surface area contributed by atoms with Crippen LogP contribution in [0.15, 0.2) is 23.2 Å². The molecule has 0 saturated heterocycles. The third-order valence-corrected chi connectivity index (χ3v) is 2.50. The van der Waals surface area contributed by atoms with Gasteiger partial charge in [0.1, 0.15) is 13.1 Å². The topological polar surface area (TPSA) is 37.3 Å². The molecule has 86 valence electrons. The largest absolute Gasteiger partial charge is 0.514 e. The number of hydrogen-bond donors (Lipinski definition) is 1. The Balaban J connectivity index is 4.78. The van der Waals surface area contributed by atoms with Crippen LogP contribution in [0.1, 0.15) is 13.3 Å². The van der Waals surface area contributed by atoms with Gasteiger partial charge in [0.15, 0.2) is 0 Å². The van der Waals surface area contributed by atoms with Crippen LogP contribution in [0.25, 0.3) is 0 Å². The van der Waals surface area contributed by atoms with E-state index in [1.807, 2.05) is 6.92 Å². The normalized spacial score (nSPS) is 15.9. The molecule has 0 spiro atoms. The first-order valence-electron chi connectivity index (χ1n) is 4.73. The van der Waals surface area contributed by atoms with Crippen molar-refractivity contribution in [1.82, 2.24) is 0 Å². The fourth-order valence-corrected chi connectivity index (χ4v) is 1.58. The summed E-state index contributed by atoms with van der Waals surface area (Å²) in [5.74, 6) is 0. The van der Waals surface area contributed by atoms with E-state index in [1.54, 1.807) is 12.2 Å². The zero-order valence-electron chi connectivity index (χ0n) is 8.70. The molecule has 0 aromatic rings. The van der Waals surface area contributed by atoms with E-state index in [2.05, 4.69) is 0 Å². The van der Waals surface area contributed by atoms with Crippen molar-refractivity contribution in [3.8, 4) is 0 Å². The lowest BCUT2D eigenvalue weighted by atomic mass is 10.3. The van der Waals surface area contributed by atoms with Crippen molar-refractivity contribution in [2.75, 3.05) is 19.6 Å². The minimum Gasteiger partial charge on any atom is -0.435 e. The maximum Gasteiger partial charge on any atom is 0.514 e. The summed E-state index contributed by atoms with van der Waals surface area (Å²) in [6.45, 7) is 3.24. The maximum absolute atomic E-state index is 11.2. The van der Waals surface area contributed by atoms with E-state index in [9.17, 15) is 9.90 Å². The smallest absolute Gasteiger partial charge is 0.435 e. The average molecular weight is 253 g/mol. The number of amides is 1. The van der Waals surface area contributed by atoms with Gasteiger partial charge in [0.05, 0.1) is 6.54 Å². The Morgan fingerprint density at radius 3 is 2.00 bits per heavy atom. The van der Waals surface area contributed by atoms with Crippen LogP contribution in [0.3, 0.4) is 0 Å². The number of quaternary nitrogens is 1. The Morgan fingerprint density at radius 2 is 1.73 bits per heavy atom. The van der Waals surface area contributed by atoms with Crippen LogP contribution in [0.4, 0.5) is 4.79 Å². The van der Waals surface area contributed by atoms with Gasteiger partial charge in [-0.1, -0.05) is 30.1 Å². The monoisotopic (exact) mass is 252 g/mol. The lowest BCUT2D eigenvalue weighted by molar-refractivity contribution is -0.845. The van der Waals surface area contributed by atoms with Crippen LogP contribution >= 0.6 is 23.2 Å². The molecule has 0 aliphatic heterocycles. The van der Waals surface area contributed by atoms with Gasteiger partial charge >= 0.3 is 6.09 Å². The summed E-state index contributed by atoms with van der Waals surface area (Å²) in [4.78, 5) is 11.2. The fourth-order valence-electron chi connectivity index (χ4n) is 1.42. The molecular weight excluding hydrogens is 237 g/mol. The van der Waals surface area contributed by atoms with Crippen molar-refractivity contribution in [3.63, 3.8) is 0 Å². The molecule has 0 heterocycles. The van der Waals surface area contributed by atoms with Crippen LogP contribution in [0.5, 0.6) is 0 Å². The van der Waals surface area contributed by atoms with Gasteiger partial charge in [-0.05, 0) is 18.6 Å². The van der Waals surface area contributed by atoms with Gasteiger partial charge in [0, 0.05) is 11.1 Å². The highest BCUT2D eigenvalue weighted by atomic mass is 35.5. The number of halogens is 2. The molecule has 3 nitrogen and oxygen atoms in total. The molecule has 0 aliphatic carbocycles. The van der Waals surface area contributed by atoms with Crippen molar-refractivity contribution in [3.05, 3.63) is 23.2 Å². The van der Waals surface area contributed by atoms with Gasteiger partial charge < -0.3 is 5.11 Å². The maximum atomic E-state index is 11.2. The quantitative estimate of drug-likeness (QED) is 0.736. The number of rotatable bonds is 6. The van der Waals surface area contributed by atoms with Crippen molar-refractivity contribution < 1.29 is 14.4 Å². The molecule has 15 heavy (non-hydrogen) atoms. The molecule has 1 amide bonds. The fraction of sp³-hybridized carbons (Fsp3) is 0.500. The highest BCUT2D eigenvalue weighted by Crippen LogP contribution is 2.11. The molecule has 0 aliphatic rings. The van der Waals surface area contributed by atoms with Gasteiger partial charge in [0.25, 0.3) is 0 Å². The lowest BCUT2D eigenvalue weighted by Crippen LogP contribution is -2.52. The third kappa shape index (κ3) is 4.69. The second-order valence-electron chi connectivity index (χ2n) is 3.24. The van der Waals surface area contributed by atoms with Crippen LogP contribution < -0.4 is 0 Å². The molecule has 0 unspecified atom stereocenters. The predicted molar refractivity (Wildman–Crippen MR) is 63.2 cm³/mol. The molecule has 5 heteroatoms. The Kier molecular flexibility index (Phi) is 7.48. The van der Waals surface area contributed by atoms with E-state index in [1.165, 1.54) is 11.1 Å².